The molecule has 0 fully saturated rings. The number of halogens is 1. The summed E-state index contributed by atoms with van der Waals surface area (Å²) >= 11 is 0. The first-order chi connectivity index (χ1) is 8.69. The average molecular weight is 247 g/mol. The second-order valence-electron chi connectivity index (χ2n) is 3.89. The Labute approximate surface area is 104 Å². The van der Waals surface area contributed by atoms with Crippen molar-refractivity contribution in [3.05, 3.63) is 54.1 Å². The number of nitrogens with one attached hydrogen (secondary N) is 1. The average Bonchev–Trinajstić information content (AvgIpc) is 2.76. The first-order valence-electron chi connectivity index (χ1n) is 5.58. The van der Waals surface area contributed by atoms with Crippen LogP contribution in [0.4, 0.5) is 10.1 Å². The van der Waals surface area contributed by atoms with Crippen LogP contribution >= 0.6 is 0 Å². The second-order valence-corrected chi connectivity index (χ2v) is 3.89. The van der Waals surface area contributed by atoms with E-state index >= 15 is 0 Å². The zero-order chi connectivity index (χ0) is 13.0. The number of rotatable bonds is 4. The Balaban J connectivity index is 2.01. The third-order valence-corrected chi connectivity index (χ3v) is 2.55. The highest BCUT2D eigenvalue weighted by molar-refractivity contribution is 5.90. The molecule has 1 aromatic heterocycles. The summed E-state index contributed by atoms with van der Waals surface area (Å²) in [5.41, 5.74) is 6.87. The maximum absolute atomic E-state index is 12.9. The van der Waals surface area contributed by atoms with Crippen LogP contribution < -0.4 is 11.1 Å². The van der Waals surface area contributed by atoms with Gasteiger partial charge in [-0.2, -0.15) is 0 Å². The number of benzene rings is 1. The highest BCUT2D eigenvalue weighted by Crippen LogP contribution is 2.09. The van der Waals surface area contributed by atoms with Gasteiger partial charge in [-0.1, -0.05) is 6.07 Å². The van der Waals surface area contributed by atoms with Gasteiger partial charge in [0.2, 0.25) is 5.91 Å². The molecule has 0 unspecified atom stereocenters. The second kappa shape index (κ2) is 5.46. The van der Waals surface area contributed by atoms with Crippen LogP contribution in [-0.2, 0) is 17.9 Å². The van der Waals surface area contributed by atoms with E-state index in [-0.39, 0.29) is 18.3 Å². The molecule has 5 heteroatoms. The fourth-order valence-corrected chi connectivity index (χ4v) is 1.71. The van der Waals surface area contributed by atoms with Gasteiger partial charge in [0.25, 0.3) is 0 Å². The van der Waals surface area contributed by atoms with Crippen molar-refractivity contribution in [2.45, 2.75) is 13.1 Å². The van der Waals surface area contributed by atoms with Crippen molar-refractivity contribution < 1.29 is 9.18 Å². The minimum absolute atomic E-state index is 0.163. The van der Waals surface area contributed by atoms with Gasteiger partial charge >= 0.3 is 0 Å². The van der Waals surface area contributed by atoms with Gasteiger partial charge in [-0.05, 0) is 30.3 Å². The van der Waals surface area contributed by atoms with Gasteiger partial charge in [0.05, 0.1) is 0 Å². The summed E-state index contributed by atoms with van der Waals surface area (Å²) < 4.78 is 14.7. The molecule has 0 bridgehead atoms. The lowest BCUT2D eigenvalue weighted by molar-refractivity contribution is -0.116. The first-order valence-corrected chi connectivity index (χ1v) is 5.58. The molecule has 0 aliphatic rings. The highest BCUT2D eigenvalue weighted by Gasteiger charge is 2.06. The molecular formula is C13H14FN3O. The van der Waals surface area contributed by atoms with Crippen LogP contribution in [-0.4, -0.2) is 10.5 Å². The van der Waals surface area contributed by atoms with Gasteiger partial charge in [-0.15, -0.1) is 0 Å². The van der Waals surface area contributed by atoms with Crippen LogP contribution in [0.25, 0.3) is 0 Å². The van der Waals surface area contributed by atoms with Crippen LogP contribution in [0.3, 0.4) is 0 Å². The Kier molecular flexibility index (Phi) is 3.74. The number of nitrogens with zero attached hydrogens (tertiary/aromatic N) is 1. The molecule has 94 valence electrons. The molecule has 3 N–H and O–H groups in total. The molecule has 0 radical (unpaired) electrons. The zero-order valence-corrected chi connectivity index (χ0v) is 9.77. The van der Waals surface area contributed by atoms with Crippen LogP contribution in [0.5, 0.6) is 0 Å². The van der Waals surface area contributed by atoms with Crippen LogP contribution in [0.15, 0.2) is 42.6 Å². The van der Waals surface area contributed by atoms with Gasteiger partial charge in [-0.25, -0.2) is 4.39 Å². The van der Waals surface area contributed by atoms with Crippen LogP contribution in [0.2, 0.25) is 0 Å². The minimum atomic E-state index is -0.378. The molecule has 0 spiro atoms. The Morgan fingerprint density at radius 1 is 1.33 bits per heavy atom. The molecule has 0 atom stereocenters. The van der Waals surface area contributed by atoms with Crippen molar-refractivity contribution in [2.75, 3.05) is 5.32 Å². The number of nitrogens with two attached hydrogens (primary N) is 1. The molecule has 2 rings (SSSR count). The number of aromatic nitrogens is 1. The van der Waals surface area contributed by atoms with Gasteiger partial charge in [-0.3, -0.25) is 4.79 Å². The molecule has 0 saturated heterocycles. The number of amides is 1. The Morgan fingerprint density at radius 2 is 2.17 bits per heavy atom. The first kappa shape index (κ1) is 12.3. The summed E-state index contributed by atoms with van der Waals surface area (Å²) in [6.07, 6.45) is 1.79. The number of carbonyl (C=O) groups is 1. The lowest BCUT2D eigenvalue weighted by Crippen LogP contribution is -2.20. The molecule has 1 heterocycles. The number of hydrogen-bond donors (Lipinski definition) is 2. The largest absolute Gasteiger partial charge is 0.341 e. The number of carbonyl (C=O) groups excluding carboxylic acids is 1. The van der Waals surface area contributed by atoms with Crippen molar-refractivity contribution in [3.63, 3.8) is 0 Å². The lowest BCUT2D eigenvalue weighted by atomic mass is 10.3. The van der Waals surface area contributed by atoms with E-state index in [9.17, 15) is 9.18 Å². The summed E-state index contributed by atoms with van der Waals surface area (Å²) in [5.74, 6) is -0.595. The van der Waals surface area contributed by atoms with E-state index in [4.69, 9.17) is 5.73 Å². The monoisotopic (exact) mass is 247 g/mol. The van der Waals surface area contributed by atoms with E-state index < -0.39 is 0 Å². The van der Waals surface area contributed by atoms with E-state index in [0.717, 1.165) is 5.69 Å². The standard InChI is InChI=1S/C13H14FN3O/c14-10-3-1-4-11(7-10)16-13(18)9-17-6-2-5-12(17)8-15/h1-7H,8-9,15H2,(H,16,18). The van der Waals surface area contributed by atoms with Crippen molar-refractivity contribution in [1.82, 2.24) is 4.57 Å². The Hall–Kier alpha value is -2.14. The summed E-state index contributed by atoms with van der Waals surface area (Å²) in [6, 6.07) is 9.48. The third kappa shape index (κ3) is 2.95. The van der Waals surface area contributed by atoms with E-state index in [0.29, 0.717) is 12.2 Å². The third-order valence-electron chi connectivity index (χ3n) is 2.55. The summed E-state index contributed by atoms with van der Waals surface area (Å²) in [4.78, 5) is 11.8. The Morgan fingerprint density at radius 3 is 2.89 bits per heavy atom. The van der Waals surface area contributed by atoms with Crippen molar-refractivity contribution in [2.24, 2.45) is 5.73 Å². The Bertz CT molecular complexity index is 551. The highest BCUT2D eigenvalue weighted by atomic mass is 19.1. The molecule has 4 nitrogen and oxygen atoms in total. The topological polar surface area (TPSA) is 60.0 Å². The van der Waals surface area contributed by atoms with Gasteiger partial charge in [0.1, 0.15) is 12.4 Å². The fraction of sp³-hybridized carbons (Fsp3) is 0.154. The quantitative estimate of drug-likeness (QED) is 0.864. The minimum Gasteiger partial charge on any atom is -0.341 e. The number of anilines is 1. The SMILES string of the molecule is NCc1cccn1CC(=O)Nc1cccc(F)c1. The molecule has 0 aliphatic heterocycles. The van der Waals surface area contributed by atoms with Gasteiger partial charge in [0.15, 0.2) is 0 Å². The summed E-state index contributed by atoms with van der Waals surface area (Å²) in [6.45, 7) is 0.538. The van der Waals surface area contributed by atoms with Crippen LogP contribution in [0.1, 0.15) is 5.69 Å². The molecule has 18 heavy (non-hydrogen) atoms. The van der Waals surface area contributed by atoms with Gasteiger partial charge < -0.3 is 15.6 Å². The predicted octanol–water partition coefficient (Wildman–Crippen LogP) is 1.72. The molecule has 1 aromatic carbocycles. The maximum atomic E-state index is 12.9. The van der Waals surface area contributed by atoms with Crippen LogP contribution in [0, 0.1) is 5.82 Å². The predicted molar refractivity (Wildman–Crippen MR) is 67.4 cm³/mol. The fourth-order valence-electron chi connectivity index (χ4n) is 1.71. The molecule has 0 saturated carbocycles. The summed E-state index contributed by atoms with van der Waals surface area (Å²) in [5, 5.41) is 2.63. The van der Waals surface area contributed by atoms with Crippen molar-refractivity contribution in [1.29, 1.82) is 0 Å². The molecular weight excluding hydrogens is 233 g/mol. The van der Waals surface area contributed by atoms with E-state index in [1.165, 1.54) is 12.1 Å². The maximum Gasteiger partial charge on any atom is 0.244 e. The summed E-state index contributed by atoms with van der Waals surface area (Å²) in [7, 11) is 0. The van der Waals surface area contributed by atoms with E-state index in [2.05, 4.69) is 5.32 Å². The number of hydrogen-bond acceptors (Lipinski definition) is 2. The smallest absolute Gasteiger partial charge is 0.244 e. The van der Waals surface area contributed by atoms with Crippen molar-refractivity contribution in [3.8, 4) is 0 Å². The molecule has 2 aromatic rings. The molecule has 1 amide bonds. The van der Waals surface area contributed by atoms with E-state index in [1.807, 2.05) is 12.1 Å². The van der Waals surface area contributed by atoms with E-state index in [1.54, 1.807) is 22.9 Å². The zero-order valence-electron chi connectivity index (χ0n) is 9.77. The van der Waals surface area contributed by atoms with Gasteiger partial charge in [0, 0.05) is 24.1 Å². The normalized spacial score (nSPS) is 10.3. The molecule has 0 aliphatic carbocycles. The van der Waals surface area contributed by atoms with Crippen molar-refractivity contribution >= 4 is 11.6 Å². The lowest BCUT2D eigenvalue weighted by Gasteiger charge is -2.08.